The van der Waals surface area contributed by atoms with Gasteiger partial charge in [-0.3, -0.25) is 0 Å². The molecule has 1 aromatic heterocycles. The van der Waals surface area contributed by atoms with Crippen LogP contribution in [0, 0.1) is 0 Å². The van der Waals surface area contributed by atoms with Crippen LogP contribution in [-0.2, 0) is 0 Å². The molecule has 2 unspecified atom stereocenters. The van der Waals surface area contributed by atoms with Crippen LogP contribution in [0.15, 0.2) is 0 Å². The molecule has 4 nitrogen and oxygen atoms in total. The topological polar surface area (TPSA) is 50.7 Å². The molecule has 0 aromatic carbocycles. The van der Waals surface area contributed by atoms with Crippen molar-refractivity contribution in [1.82, 2.24) is 20.3 Å². The van der Waals surface area contributed by atoms with Crippen LogP contribution < -0.4 is 5.32 Å². The van der Waals surface area contributed by atoms with E-state index < -0.39 is 0 Å². The number of hydrogen-bond donors (Lipinski definition) is 1. The number of rotatable bonds is 0. The number of halogens is 1. The molecule has 0 amide bonds. The summed E-state index contributed by atoms with van der Waals surface area (Å²) in [5.41, 5.74) is 0. The second kappa shape index (κ2) is 2.62. The molecule has 3 rings (SSSR count). The molecule has 4 bridgehead atoms. The van der Waals surface area contributed by atoms with E-state index in [0.29, 0.717) is 17.2 Å². The fraction of sp³-hybridized carbons (Fsp3) is 0.625. The largest absolute Gasteiger partial charge is 0.307 e. The first kappa shape index (κ1) is 7.64. The van der Waals surface area contributed by atoms with Crippen molar-refractivity contribution in [3.63, 3.8) is 0 Å². The van der Waals surface area contributed by atoms with Crippen molar-refractivity contribution in [1.29, 1.82) is 0 Å². The molecule has 5 heteroatoms. The Hall–Kier alpha value is -0.740. The summed E-state index contributed by atoms with van der Waals surface area (Å²) in [5, 5.41) is 3.71. The van der Waals surface area contributed by atoms with E-state index in [9.17, 15) is 0 Å². The molecule has 0 saturated carbocycles. The zero-order valence-electron chi connectivity index (χ0n) is 7.00. The minimum atomic E-state index is 0.298. The average Bonchev–Trinajstić information content (AvgIpc) is 2.16. The second-order valence-electron chi connectivity index (χ2n) is 3.55. The molecule has 0 radical (unpaired) electrons. The minimum absolute atomic E-state index is 0.298. The van der Waals surface area contributed by atoms with Crippen LogP contribution in [0.4, 0.5) is 0 Å². The van der Waals surface area contributed by atoms with Crippen molar-refractivity contribution in [3.8, 4) is 0 Å². The van der Waals surface area contributed by atoms with Gasteiger partial charge in [0.1, 0.15) is 5.82 Å². The highest BCUT2D eigenvalue weighted by atomic mass is 35.5. The Labute approximate surface area is 80.8 Å². The molecule has 1 fully saturated rings. The first-order valence-electron chi connectivity index (χ1n) is 4.47. The summed E-state index contributed by atoms with van der Waals surface area (Å²) >= 11 is 5.78. The van der Waals surface area contributed by atoms with Crippen LogP contribution in [0.2, 0.25) is 5.28 Å². The zero-order chi connectivity index (χ0) is 8.84. The highest BCUT2D eigenvalue weighted by Crippen LogP contribution is 2.35. The summed E-state index contributed by atoms with van der Waals surface area (Å²) in [6, 6.07) is 0.298. The number of aromatic nitrogens is 3. The number of fused-ring (bicyclic) bond motifs is 6. The zero-order valence-corrected chi connectivity index (χ0v) is 7.75. The second-order valence-corrected chi connectivity index (χ2v) is 3.89. The number of nitrogens with zero attached hydrogens (tertiary/aromatic N) is 3. The van der Waals surface area contributed by atoms with E-state index in [4.69, 9.17) is 11.6 Å². The van der Waals surface area contributed by atoms with E-state index in [1.165, 1.54) is 0 Å². The number of hydrogen-bond acceptors (Lipinski definition) is 4. The molecule has 13 heavy (non-hydrogen) atoms. The highest BCUT2D eigenvalue weighted by Gasteiger charge is 2.32. The molecule has 2 atom stereocenters. The van der Waals surface area contributed by atoms with Gasteiger partial charge in [-0.2, -0.15) is 0 Å². The lowest BCUT2D eigenvalue weighted by atomic mass is 9.89. The average molecular weight is 197 g/mol. The molecular formula is C8H9ClN4. The quantitative estimate of drug-likeness (QED) is 0.674. The van der Waals surface area contributed by atoms with Gasteiger partial charge in [0, 0.05) is 5.92 Å². The molecule has 1 N–H and O–H groups in total. The molecule has 0 aliphatic carbocycles. The van der Waals surface area contributed by atoms with Gasteiger partial charge in [-0.1, -0.05) is 0 Å². The van der Waals surface area contributed by atoms with Gasteiger partial charge >= 0.3 is 0 Å². The lowest BCUT2D eigenvalue weighted by Crippen LogP contribution is -2.36. The molecule has 2 aliphatic rings. The van der Waals surface area contributed by atoms with E-state index in [1.54, 1.807) is 0 Å². The molecule has 2 aliphatic heterocycles. The Bertz CT molecular complexity index is 326. The van der Waals surface area contributed by atoms with E-state index in [0.717, 1.165) is 31.0 Å². The molecule has 1 aromatic rings. The predicted octanol–water partition coefficient (Wildman–Crippen LogP) is 1.05. The molecule has 3 heterocycles. The lowest BCUT2D eigenvalue weighted by molar-refractivity contribution is 0.322. The first-order chi connectivity index (χ1) is 6.33. The van der Waals surface area contributed by atoms with Gasteiger partial charge < -0.3 is 5.32 Å². The standard InChI is InChI=1S/C8H9ClN4/c9-8-12-6-4-1-2-10-5(3-4)7(11-6)13-8/h4-5,10H,1-3H2. The summed E-state index contributed by atoms with van der Waals surface area (Å²) in [6.07, 6.45) is 2.18. The summed E-state index contributed by atoms with van der Waals surface area (Å²) in [7, 11) is 0. The first-order valence-corrected chi connectivity index (χ1v) is 4.85. The molecule has 68 valence electrons. The summed E-state index contributed by atoms with van der Waals surface area (Å²) in [6.45, 7) is 1.03. The Morgan fingerprint density at radius 2 is 2.08 bits per heavy atom. The van der Waals surface area contributed by atoms with Gasteiger partial charge in [-0.05, 0) is 31.0 Å². The van der Waals surface area contributed by atoms with Crippen molar-refractivity contribution in [2.75, 3.05) is 6.54 Å². The maximum atomic E-state index is 5.78. The van der Waals surface area contributed by atoms with E-state index in [1.807, 2.05) is 0 Å². The Kier molecular flexibility index (Phi) is 1.54. The van der Waals surface area contributed by atoms with Gasteiger partial charge in [-0.25, -0.2) is 15.0 Å². The normalized spacial score (nSPS) is 30.2. The maximum Gasteiger partial charge on any atom is 0.225 e. The summed E-state index contributed by atoms with van der Waals surface area (Å²) in [5.74, 6) is 2.18. The van der Waals surface area contributed by atoms with Gasteiger partial charge in [0.15, 0.2) is 5.82 Å². The number of nitrogens with one attached hydrogen (secondary N) is 1. The third-order valence-corrected chi connectivity index (χ3v) is 2.89. The van der Waals surface area contributed by atoms with Crippen LogP contribution in [0.3, 0.4) is 0 Å². The predicted molar refractivity (Wildman–Crippen MR) is 47.6 cm³/mol. The van der Waals surface area contributed by atoms with Crippen molar-refractivity contribution in [2.45, 2.75) is 24.8 Å². The van der Waals surface area contributed by atoms with Crippen molar-refractivity contribution in [3.05, 3.63) is 16.9 Å². The van der Waals surface area contributed by atoms with Crippen LogP contribution >= 0.6 is 11.6 Å². The van der Waals surface area contributed by atoms with Crippen LogP contribution in [0.5, 0.6) is 0 Å². The van der Waals surface area contributed by atoms with Crippen molar-refractivity contribution >= 4 is 11.6 Å². The van der Waals surface area contributed by atoms with E-state index in [-0.39, 0.29) is 0 Å². The van der Waals surface area contributed by atoms with Crippen LogP contribution in [0.1, 0.15) is 36.5 Å². The van der Waals surface area contributed by atoms with Crippen molar-refractivity contribution < 1.29 is 0 Å². The van der Waals surface area contributed by atoms with Crippen molar-refractivity contribution in [2.24, 2.45) is 0 Å². The SMILES string of the molecule is Clc1nc2nc(n1)C1CC2CCN1. The number of piperidine rings is 1. The Morgan fingerprint density at radius 3 is 3.00 bits per heavy atom. The third kappa shape index (κ3) is 1.13. The fourth-order valence-corrected chi connectivity index (χ4v) is 2.24. The highest BCUT2D eigenvalue weighted by molar-refractivity contribution is 6.28. The molecule has 1 saturated heterocycles. The molecular weight excluding hydrogens is 188 g/mol. The lowest BCUT2D eigenvalue weighted by Gasteiger charge is -2.32. The van der Waals surface area contributed by atoms with Gasteiger partial charge in [0.25, 0.3) is 0 Å². The van der Waals surface area contributed by atoms with Gasteiger partial charge in [0.05, 0.1) is 6.04 Å². The van der Waals surface area contributed by atoms with Gasteiger partial charge in [-0.15, -0.1) is 0 Å². The minimum Gasteiger partial charge on any atom is -0.307 e. The Morgan fingerprint density at radius 1 is 1.23 bits per heavy atom. The summed E-state index contributed by atoms with van der Waals surface area (Å²) in [4.78, 5) is 12.6. The van der Waals surface area contributed by atoms with Crippen LogP contribution in [0.25, 0.3) is 0 Å². The monoisotopic (exact) mass is 196 g/mol. The van der Waals surface area contributed by atoms with Crippen LogP contribution in [-0.4, -0.2) is 21.5 Å². The fourth-order valence-electron chi connectivity index (χ4n) is 2.07. The molecule has 0 spiro atoms. The maximum absolute atomic E-state index is 5.78. The smallest absolute Gasteiger partial charge is 0.225 e. The summed E-state index contributed by atoms with van der Waals surface area (Å²) < 4.78 is 0. The van der Waals surface area contributed by atoms with Gasteiger partial charge in [0.2, 0.25) is 5.28 Å². The van der Waals surface area contributed by atoms with E-state index in [2.05, 4.69) is 20.3 Å². The third-order valence-electron chi connectivity index (χ3n) is 2.72. The van der Waals surface area contributed by atoms with E-state index >= 15 is 0 Å². The Balaban J connectivity index is 2.16.